The average Bonchev–Trinajstić information content (AvgIpc) is 2.97. The molecule has 0 atom stereocenters. The first-order valence-corrected chi connectivity index (χ1v) is 8.20. The Labute approximate surface area is 153 Å². The third-order valence-electron chi connectivity index (χ3n) is 4.24. The van der Waals surface area contributed by atoms with Crippen LogP contribution < -0.4 is 5.73 Å². The number of rotatable bonds is 3. The Morgan fingerprint density at radius 3 is 2.63 bits per heavy atom. The van der Waals surface area contributed by atoms with Crippen LogP contribution in [-0.4, -0.2) is 30.4 Å². The molecule has 0 aliphatic heterocycles. The molecule has 7 nitrogen and oxygen atoms in total. The number of pyridine rings is 2. The van der Waals surface area contributed by atoms with Gasteiger partial charge >= 0.3 is 0 Å². The maximum atomic E-state index is 13.6. The molecule has 134 valence electrons. The summed E-state index contributed by atoms with van der Waals surface area (Å²) < 4.78 is 15.2. The van der Waals surface area contributed by atoms with Gasteiger partial charge in [0.25, 0.3) is 5.91 Å². The molecule has 2 N–H and O–H groups in total. The van der Waals surface area contributed by atoms with E-state index in [1.54, 1.807) is 42.1 Å². The minimum Gasteiger partial charge on any atom is -0.365 e. The summed E-state index contributed by atoms with van der Waals surface area (Å²) in [5.41, 5.74) is 8.63. The van der Waals surface area contributed by atoms with Crippen molar-refractivity contribution < 1.29 is 9.18 Å². The zero-order chi connectivity index (χ0) is 19.1. The van der Waals surface area contributed by atoms with Gasteiger partial charge < -0.3 is 5.73 Å². The number of nitrogens with zero attached hydrogens (tertiary/aromatic N) is 5. The number of amides is 1. The van der Waals surface area contributed by atoms with E-state index in [4.69, 9.17) is 5.73 Å². The summed E-state index contributed by atoms with van der Waals surface area (Å²) in [5.74, 6) is -0.555. The molecule has 27 heavy (non-hydrogen) atoms. The highest BCUT2D eigenvalue weighted by atomic mass is 19.1. The Morgan fingerprint density at radius 1 is 1.11 bits per heavy atom. The van der Waals surface area contributed by atoms with Crippen molar-refractivity contribution >= 4 is 16.9 Å². The Bertz CT molecular complexity index is 1190. The summed E-state index contributed by atoms with van der Waals surface area (Å²) >= 11 is 0. The van der Waals surface area contributed by atoms with E-state index < -0.39 is 11.9 Å². The lowest BCUT2D eigenvalue weighted by Crippen LogP contribution is -2.19. The van der Waals surface area contributed by atoms with E-state index in [0.717, 1.165) is 5.56 Å². The van der Waals surface area contributed by atoms with Crippen LogP contribution in [0.3, 0.4) is 0 Å². The van der Waals surface area contributed by atoms with Crippen LogP contribution in [0.15, 0.2) is 42.7 Å². The zero-order valence-corrected chi connectivity index (χ0v) is 14.6. The number of primary amides is 1. The van der Waals surface area contributed by atoms with Gasteiger partial charge in [-0.3, -0.25) is 14.3 Å². The Balaban J connectivity index is 2.05. The van der Waals surface area contributed by atoms with Crippen molar-refractivity contribution in [1.82, 2.24) is 24.5 Å². The molecule has 4 aromatic heterocycles. The van der Waals surface area contributed by atoms with Crippen LogP contribution >= 0.6 is 0 Å². The highest BCUT2D eigenvalue weighted by Crippen LogP contribution is 2.26. The van der Waals surface area contributed by atoms with Gasteiger partial charge in [-0.15, -0.1) is 0 Å². The minimum atomic E-state index is -0.648. The number of hydrogen-bond donors (Lipinski definition) is 1. The second-order valence-electron chi connectivity index (χ2n) is 6.09. The lowest BCUT2D eigenvalue weighted by molar-refractivity contribution is 0.0999. The maximum absolute atomic E-state index is 13.6. The average molecular weight is 362 g/mol. The molecule has 0 aromatic carbocycles. The predicted octanol–water partition coefficient (Wildman–Crippen LogP) is 2.73. The lowest BCUT2D eigenvalue weighted by atomic mass is 10.2. The van der Waals surface area contributed by atoms with Crippen molar-refractivity contribution in [2.45, 2.75) is 13.8 Å². The van der Waals surface area contributed by atoms with Crippen LogP contribution in [0.1, 0.15) is 21.6 Å². The van der Waals surface area contributed by atoms with Crippen molar-refractivity contribution in [3.8, 4) is 17.3 Å². The van der Waals surface area contributed by atoms with Crippen molar-refractivity contribution in [3.63, 3.8) is 0 Å². The van der Waals surface area contributed by atoms with Gasteiger partial charge in [0.1, 0.15) is 11.3 Å². The van der Waals surface area contributed by atoms with Crippen LogP contribution in [0.5, 0.6) is 0 Å². The first kappa shape index (κ1) is 16.8. The largest absolute Gasteiger partial charge is 0.365 e. The summed E-state index contributed by atoms with van der Waals surface area (Å²) in [6.45, 7) is 3.50. The first-order valence-electron chi connectivity index (χ1n) is 8.20. The zero-order valence-electron chi connectivity index (χ0n) is 14.6. The van der Waals surface area contributed by atoms with Crippen LogP contribution in [0.2, 0.25) is 0 Å². The number of halogens is 1. The number of hydrogen-bond acceptors (Lipinski definition) is 5. The van der Waals surface area contributed by atoms with Crippen LogP contribution in [-0.2, 0) is 0 Å². The molecule has 0 saturated heterocycles. The van der Waals surface area contributed by atoms with Crippen LogP contribution in [0.4, 0.5) is 4.39 Å². The molecule has 0 bridgehead atoms. The lowest BCUT2D eigenvalue weighted by Gasteiger charge is -2.12. The number of nitrogens with two attached hydrogens (primary N) is 1. The summed E-state index contributed by atoms with van der Waals surface area (Å²) in [6, 6.07) is 8.24. The Morgan fingerprint density at radius 2 is 1.93 bits per heavy atom. The molecular weight excluding hydrogens is 347 g/mol. The van der Waals surface area contributed by atoms with E-state index in [2.05, 4.69) is 19.9 Å². The molecule has 0 unspecified atom stereocenters. The fourth-order valence-corrected chi connectivity index (χ4v) is 3.04. The molecule has 4 aromatic rings. The highest BCUT2D eigenvalue weighted by Gasteiger charge is 2.21. The van der Waals surface area contributed by atoms with Gasteiger partial charge in [0.05, 0.1) is 16.7 Å². The number of aryl methyl sites for hydroxylation is 2. The Kier molecular flexibility index (Phi) is 3.88. The normalized spacial score (nSPS) is 11.1. The molecule has 4 heterocycles. The Hall–Kier alpha value is -3.68. The van der Waals surface area contributed by atoms with E-state index in [0.29, 0.717) is 34.1 Å². The second-order valence-corrected chi connectivity index (χ2v) is 6.09. The molecule has 0 aliphatic rings. The predicted molar refractivity (Wildman–Crippen MR) is 97.8 cm³/mol. The molecule has 0 saturated carbocycles. The summed E-state index contributed by atoms with van der Waals surface area (Å²) in [5, 5.41) is 0. The molecule has 0 radical (unpaired) electrons. The van der Waals surface area contributed by atoms with Gasteiger partial charge in [0.15, 0.2) is 11.6 Å². The maximum Gasteiger partial charge on any atom is 0.254 e. The topological polar surface area (TPSA) is 99.6 Å². The minimum absolute atomic E-state index is 0.191. The monoisotopic (exact) mass is 362 g/mol. The van der Waals surface area contributed by atoms with E-state index >= 15 is 0 Å². The van der Waals surface area contributed by atoms with Gasteiger partial charge in [-0.25, -0.2) is 15.0 Å². The van der Waals surface area contributed by atoms with Crippen molar-refractivity contribution in [2.24, 2.45) is 5.73 Å². The number of carbonyl (C=O) groups excluding carboxylic acids is 1. The molecule has 0 spiro atoms. The van der Waals surface area contributed by atoms with Crippen molar-refractivity contribution in [2.75, 3.05) is 0 Å². The van der Waals surface area contributed by atoms with Gasteiger partial charge in [-0.05, 0) is 43.7 Å². The fraction of sp³-hybridized carbons (Fsp3) is 0.105. The summed E-state index contributed by atoms with van der Waals surface area (Å²) in [4.78, 5) is 29.2. The standard InChI is InChI=1S/C19H15FN6O/c1-10-9-26(13-6-7-14(20)24-16(10)13)19-15(17(21)27)11(2)23-18(25-19)12-5-3-4-8-22-12/h3-9H,1-2H3,(H2,21,27). The molecule has 1 amide bonds. The molecule has 0 fully saturated rings. The summed E-state index contributed by atoms with van der Waals surface area (Å²) in [6.07, 6.45) is 3.38. The van der Waals surface area contributed by atoms with E-state index in [1.165, 1.54) is 6.07 Å². The number of aromatic nitrogens is 5. The number of carbonyl (C=O) groups is 1. The van der Waals surface area contributed by atoms with Gasteiger partial charge in [0.2, 0.25) is 5.95 Å². The van der Waals surface area contributed by atoms with Gasteiger partial charge in [-0.1, -0.05) is 6.07 Å². The van der Waals surface area contributed by atoms with E-state index in [1.807, 2.05) is 13.0 Å². The van der Waals surface area contributed by atoms with Crippen LogP contribution in [0, 0.1) is 19.8 Å². The number of fused-ring (bicyclic) bond motifs is 1. The van der Waals surface area contributed by atoms with Crippen molar-refractivity contribution in [3.05, 3.63) is 65.5 Å². The molecular formula is C19H15FN6O. The fourth-order valence-electron chi connectivity index (χ4n) is 3.04. The molecule has 4 rings (SSSR count). The van der Waals surface area contributed by atoms with E-state index in [9.17, 15) is 9.18 Å². The SMILES string of the molecule is Cc1nc(-c2ccccn2)nc(-n2cc(C)c3nc(F)ccc32)c1C(N)=O. The van der Waals surface area contributed by atoms with Gasteiger partial charge in [-0.2, -0.15) is 4.39 Å². The quantitative estimate of drug-likeness (QED) is 0.565. The van der Waals surface area contributed by atoms with Crippen molar-refractivity contribution in [1.29, 1.82) is 0 Å². The van der Waals surface area contributed by atoms with Crippen LogP contribution in [0.25, 0.3) is 28.4 Å². The smallest absolute Gasteiger partial charge is 0.254 e. The van der Waals surface area contributed by atoms with Gasteiger partial charge in [0, 0.05) is 12.4 Å². The first-order chi connectivity index (χ1) is 13.0. The van der Waals surface area contributed by atoms with E-state index in [-0.39, 0.29) is 5.56 Å². The highest BCUT2D eigenvalue weighted by molar-refractivity contribution is 5.98. The molecule has 8 heteroatoms. The molecule has 0 aliphatic carbocycles. The third kappa shape index (κ3) is 2.80. The summed E-state index contributed by atoms with van der Waals surface area (Å²) in [7, 11) is 0. The second kappa shape index (κ2) is 6.24. The third-order valence-corrected chi connectivity index (χ3v) is 4.24.